The Morgan fingerprint density at radius 2 is 1.10 bits per heavy atom. The number of para-hydroxylation sites is 1. The van der Waals surface area contributed by atoms with Crippen LogP contribution in [0.5, 0.6) is 23.0 Å². The highest BCUT2D eigenvalue weighted by molar-refractivity contribution is 6.08. The van der Waals surface area contributed by atoms with Gasteiger partial charge in [-0.25, -0.2) is 19.2 Å². The van der Waals surface area contributed by atoms with E-state index in [1.807, 2.05) is 12.1 Å². The fraction of sp³-hybridized carbons (Fsp3) is 0.250. The van der Waals surface area contributed by atoms with Crippen molar-refractivity contribution >= 4 is 51.8 Å². The quantitative estimate of drug-likeness (QED) is 0.0190. The fourth-order valence-corrected chi connectivity index (χ4v) is 7.19. The Balaban J connectivity index is 1.09. The second kappa shape index (κ2) is 25.6. The number of ether oxygens (including phenoxy) is 6. The van der Waals surface area contributed by atoms with Crippen LogP contribution in [-0.2, 0) is 25.6 Å². The molecule has 0 aliphatic carbocycles. The molecule has 1 heterocycles. The summed E-state index contributed by atoms with van der Waals surface area (Å²) < 4.78 is 35.6. The molecule has 0 fully saturated rings. The first-order valence-electron chi connectivity index (χ1n) is 22.6. The standard InChI is InChI=1S/C56H55NO10/c1-4-53(58)64-37-17-9-7-15-35-62-45-28-24-42(25-29-45)55(60)66-47-32-34-52(67-56(61)43-26-30-46(31-27-43)63-36-16-8-10-18-38-65-54(59)5-2)44(40-47)20-12-11-19-41-23-33-51-49(39-41)48-21-13-14-22-50(48)57(51)6-3/h4-5,11,13-14,19,21-34,39-40H,1-2,6-10,15-18,35-38H2,3H3/b19-11+. The third-order valence-electron chi connectivity index (χ3n) is 10.7. The van der Waals surface area contributed by atoms with E-state index in [-0.39, 0.29) is 11.5 Å². The largest absolute Gasteiger partial charge is 0.494 e. The van der Waals surface area contributed by atoms with Gasteiger partial charge in [-0.2, -0.15) is 0 Å². The number of unbranched alkanes of at least 4 members (excludes halogenated alkanes) is 6. The van der Waals surface area contributed by atoms with Crippen molar-refractivity contribution in [3.05, 3.63) is 163 Å². The minimum Gasteiger partial charge on any atom is -0.494 e. The molecule has 344 valence electrons. The Bertz CT molecular complexity index is 2750. The molecule has 1 aromatic heterocycles. The van der Waals surface area contributed by atoms with Crippen LogP contribution in [0.1, 0.15) is 90.1 Å². The molecule has 11 heteroatoms. The number of nitrogens with zero attached hydrogens (tertiary/aromatic N) is 1. The van der Waals surface area contributed by atoms with E-state index < -0.39 is 23.9 Å². The van der Waals surface area contributed by atoms with Crippen LogP contribution in [-0.4, -0.2) is 54.9 Å². The predicted octanol–water partition coefficient (Wildman–Crippen LogP) is 11.7. The fourth-order valence-electron chi connectivity index (χ4n) is 7.19. The Labute approximate surface area is 391 Å². The maximum absolute atomic E-state index is 13.4. The molecule has 6 rings (SSSR count). The third-order valence-corrected chi connectivity index (χ3v) is 10.7. The number of hydrogen-bond acceptors (Lipinski definition) is 10. The zero-order chi connectivity index (χ0) is 47.2. The summed E-state index contributed by atoms with van der Waals surface area (Å²) >= 11 is 0. The second-order valence-electron chi connectivity index (χ2n) is 15.4. The maximum Gasteiger partial charge on any atom is 0.343 e. The van der Waals surface area contributed by atoms with Crippen LogP contribution in [0.25, 0.3) is 27.9 Å². The molecule has 0 saturated heterocycles. The van der Waals surface area contributed by atoms with Gasteiger partial charge in [-0.3, -0.25) is 0 Å². The van der Waals surface area contributed by atoms with Crippen molar-refractivity contribution in [3.8, 4) is 34.8 Å². The van der Waals surface area contributed by atoms with Crippen LogP contribution in [0.3, 0.4) is 0 Å². The number of rotatable bonds is 24. The lowest BCUT2D eigenvalue weighted by molar-refractivity contribution is -0.138. The van der Waals surface area contributed by atoms with E-state index in [9.17, 15) is 19.2 Å². The van der Waals surface area contributed by atoms with Crippen LogP contribution in [0, 0.1) is 11.8 Å². The predicted molar refractivity (Wildman–Crippen MR) is 261 cm³/mol. The normalized spacial score (nSPS) is 10.8. The van der Waals surface area contributed by atoms with E-state index >= 15 is 0 Å². The average Bonchev–Trinajstić information content (AvgIpc) is 3.68. The number of carbonyl (C=O) groups excluding carboxylic acids is 4. The Morgan fingerprint density at radius 1 is 0.567 bits per heavy atom. The van der Waals surface area contributed by atoms with Crippen molar-refractivity contribution in [2.75, 3.05) is 26.4 Å². The first kappa shape index (κ1) is 48.6. The van der Waals surface area contributed by atoms with Gasteiger partial charge in [0, 0.05) is 46.6 Å². The summed E-state index contributed by atoms with van der Waals surface area (Å²) in [6.07, 6.45) is 12.8. The van der Waals surface area contributed by atoms with Gasteiger partial charge >= 0.3 is 23.9 Å². The molecule has 67 heavy (non-hydrogen) atoms. The van der Waals surface area contributed by atoms with Gasteiger partial charge in [0.25, 0.3) is 0 Å². The minimum atomic E-state index is -0.597. The highest BCUT2D eigenvalue weighted by Crippen LogP contribution is 2.30. The number of allylic oxidation sites excluding steroid dienone is 1. The molecular formula is C56H55NO10. The Hall–Kier alpha value is -7.84. The first-order chi connectivity index (χ1) is 32.8. The molecule has 0 atom stereocenters. The van der Waals surface area contributed by atoms with Crippen molar-refractivity contribution in [2.24, 2.45) is 0 Å². The van der Waals surface area contributed by atoms with Crippen LogP contribution >= 0.6 is 0 Å². The maximum atomic E-state index is 13.4. The summed E-state index contributed by atoms with van der Waals surface area (Å²) in [4.78, 5) is 49.0. The van der Waals surface area contributed by atoms with E-state index in [4.69, 9.17) is 28.4 Å². The summed E-state index contributed by atoms with van der Waals surface area (Å²) in [5, 5.41) is 2.34. The zero-order valence-corrected chi connectivity index (χ0v) is 37.8. The summed E-state index contributed by atoms with van der Waals surface area (Å²) in [5.74, 6) is 5.80. The topological polar surface area (TPSA) is 129 Å². The highest BCUT2D eigenvalue weighted by Gasteiger charge is 2.16. The van der Waals surface area contributed by atoms with Gasteiger partial charge in [-0.15, -0.1) is 0 Å². The smallest absolute Gasteiger partial charge is 0.343 e. The Kier molecular flexibility index (Phi) is 18.6. The van der Waals surface area contributed by atoms with Crippen molar-refractivity contribution in [2.45, 2.75) is 64.8 Å². The van der Waals surface area contributed by atoms with E-state index in [1.54, 1.807) is 72.8 Å². The molecule has 0 bridgehead atoms. The SMILES string of the molecule is C=CC(=O)OCCCCCCOc1ccc(C(=O)Oc2ccc(OC(=O)c3ccc(OCCCCCCOC(=O)C=C)cc3)c(C#C/C=C/c3ccc4c(c3)c3ccccc3n4CC)c2)cc1. The molecule has 0 aliphatic heterocycles. The average molecular weight is 902 g/mol. The van der Waals surface area contributed by atoms with E-state index in [2.05, 4.69) is 72.9 Å². The number of aryl methyl sites for hydroxylation is 1. The lowest BCUT2D eigenvalue weighted by atomic mass is 10.1. The van der Waals surface area contributed by atoms with Crippen molar-refractivity contribution in [3.63, 3.8) is 0 Å². The molecule has 0 N–H and O–H groups in total. The van der Waals surface area contributed by atoms with Crippen LogP contribution in [0.4, 0.5) is 0 Å². The Morgan fingerprint density at radius 3 is 1.69 bits per heavy atom. The van der Waals surface area contributed by atoms with Gasteiger partial charge in [0.1, 0.15) is 23.0 Å². The molecule has 6 aromatic rings. The number of carbonyl (C=O) groups is 4. The van der Waals surface area contributed by atoms with Gasteiger partial charge in [0.15, 0.2) is 0 Å². The second-order valence-corrected chi connectivity index (χ2v) is 15.4. The lowest BCUT2D eigenvalue weighted by Gasteiger charge is -2.11. The molecular weight excluding hydrogens is 847 g/mol. The van der Waals surface area contributed by atoms with Crippen molar-refractivity contribution in [1.82, 2.24) is 4.57 Å². The lowest BCUT2D eigenvalue weighted by Crippen LogP contribution is -2.11. The molecule has 0 unspecified atom stereocenters. The van der Waals surface area contributed by atoms with Gasteiger partial charge < -0.3 is 33.0 Å². The van der Waals surface area contributed by atoms with E-state index in [0.29, 0.717) is 54.6 Å². The molecule has 0 radical (unpaired) electrons. The van der Waals surface area contributed by atoms with Gasteiger partial charge in [-0.1, -0.05) is 49.3 Å². The molecule has 0 saturated carbocycles. The van der Waals surface area contributed by atoms with Crippen LogP contribution < -0.4 is 18.9 Å². The monoisotopic (exact) mass is 901 g/mol. The molecule has 11 nitrogen and oxygen atoms in total. The number of fused-ring (bicyclic) bond motifs is 3. The highest BCUT2D eigenvalue weighted by atomic mass is 16.5. The van der Waals surface area contributed by atoms with Crippen LogP contribution in [0.15, 0.2) is 141 Å². The number of aromatic nitrogens is 1. The van der Waals surface area contributed by atoms with Crippen molar-refractivity contribution < 1.29 is 47.6 Å². The van der Waals surface area contributed by atoms with Gasteiger partial charge in [0.2, 0.25) is 0 Å². The van der Waals surface area contributed by atoms with E-state index in [1.165, 1.54) is 10.9 Å². The summed E-state index contributed by atoms with van der Waals surface area (Å²) in [6.45, 7) is 11.5. The molecule has 5 aromatic carbocycles. The third kappa shape index (κ3) is 14.6. The molecule has 0 spiro atoms. The van der Waals surface area contributed by atoms with Gasteiger partial charge in [0.05, 0.1) is 43.1 Å². The number of benzene rings is 5. The minimum absolute atomic E-state index is 0.191. The number of esters is 4. The van der Waals surface area contributed by atoms with E-state index in [0.717, 1.165) is 86.5 Å². The summed E-state index contributed by atoms with van der Waals surface area (Å²) in [5.41, 5.74) is 4.30. The number of hydrogen-bond donors (Lipinski definition) is 0. The first-order valence-corrected chi connectivity index (χ1v) is 22.6. The van der Waals surface area contributed by atoms with Crippen molar-refractivity contribution in [1.29, 1.82) is 0 Å². The summed E-state index contributed by atoms with van der Waals surface area (Å²) in [6, 6.07) is 32.8. The zero-order valence-electron chi connectivity index (χ0n) is 37.8. The van der Waals surface area contributed by atoms with Crippen LogP contribution in [0.2, 0.25) is 0 Å². The summed E-state index contributed by atoms with van der Waals surface area (Å²) in [7, 11) is 0. The van der Waals surface area contributed by atoms with Gasteiger partial charge in [-0.05, 0) is 155 Å². The molecule has 0 amide bonds. The molecule has 0 aliphatic rings.